The Labute approximate surface area is 147 Å². The van der Waals surface area contributed by atoms with Crippen LogP contribution in [0.2, 0.25) is 5.02 Å². The molecule has 1 aliphatic heterocycles. The number of benzene rings is 2. The molecule has 122 valence electrons. The van der Waals surface area contributed by atoms with E-state index in [0.717, 1.165) is 16.6 Å². The van der Waals surface area contributed by atoms with Gasteiger partial charge in [0, 0.05) is 17.0 Å². The number of nitrogens with zero attached hydrogens (tertiary/aromatic N) is 1. The van der Waals surface area contributed by atoms with Crippen molar-refractivity contribution in [3.05, 3.63) is 47.0 Å². The highest BCUT2D eigenvalue weighted by Crippen LogP contribution is 2.32. The molecule has 3 aromatic rings. The van der Waals surface area contributed by atoms with Crippen molar-refractivity contribution in [3.63, 3.8) is 0 Å². The second-order valence-electron chi connectivity index (χ2n) is 5.30. The average molecular weight is 361 g/mol. The van der Waals surface area contributed by atoms with E-state index in [4.69, 9.17) is 21.1 Å². The van der Waals surface area contributed by atoms with Crippen molar-refractivity contribution in [2.75, 3.05) is 18.5 Å². The molecule has 0 saturated carbocycles. The maximum Gasteiger partial charge on any atom is 0.257 e. The van der Waals surface area contributed by atoms with E-state index in [-0.39, 0.29) is 5.91 Å². The molecule has 1 N–H and O–H groups in total. The number of nitrogens with one attached hydrogen (secondary N) is 1. The predicted molar refractivity (Wildman–Crippen MR) is 94.6 cm³/mol. The summed E-state index contributed by atoms with van der Waals surface area (Å²) in [4.78, 5) is 16.9. The summed E-state index contributed by atoms with van der Waals surface area (Å²) >= 11 is 7.36. The lowest BCUT2D eigenvalue weighted by molar-refractivity contribution is 0.102. The molecule has 2 aromatic carbocycles. The fraction of sp³-hybridized carbons (Fsp3) is 0.176. The van der Waals surface area contributed by atoms with E-state index >= 15 is 0 Å². The van der Waals surface area contributed by atoms with Gasteiger partial charge in [-0.15, -0.1) is 0 Å². The molecular formula is C17H13ClN2O3S. The fourth-order valence-electron chi connectivity index (χ4n) is 2.43. The second-order valence-corrected chi connectivity index (χ2v) is 6.76. The molecule has 0 spiro atoms. The van der Waals surface area contributed by atoms with Gasteiger partial charge in [0.05, 0.1) is 23.4 Å². The number of hydrogen-bond acceptors (Lipinski definition) is 5. The molecule has 7 heteroatoms. The van der Waals surface area contributed by atoms with Gasteiger partial charge in [-0.05, 0) is 36.4 Å². The Morgan fingerprint density at radius 1 is 1.12 bits per heavy atom. The first-order valence-electron chi connectivity index (χ1n) is 7.46. The number of thiazole rings is 1. The number of carbonyl (C=O) groups is 1. The van der Waals surface area contributed by atoms with Crippen LogP contribution < -0.4 is 14.8 Å². The highest BCUT2D eigenvalue weighted by molar-refractivity contribution is 7.22. The highest BCUT2D eigenvalue weighted by Gasteiger charge is 2.15. The molecule has 1 amide bonds. The number of amides is 1. The lowest BCUT2D eigenvalue weighted by Gasteiger charge is -2.08. The van der Waals surface area contributed by atoms with Gasteiger partial charge in [-0.3, -0.25) is 10.1 Å². The SMILES string of the molecule is O=C(Nc1nc2ccc(Cl)cc2s1)c1ccc2c(c1)OCCCO2. The third-order valence-electron chi connectivity index (χ3n) is 3.58. The summed E-state index contributed by atoms with van der Waals surface area (Å²) in [6, 6.07) is 10.6. The van der Waals surface area contributed by atoms with Gasteiger partial charge in [-0.2, -0.15) is 0 Å². The van der Waals surface area contributed by atoms with Gasteiger partial charge in [0.15, 0.2) is 16.6 Å². The van der Waals surface area contributed by atoms with Gasteiger partial charge < -0.3 is 9.47 Å². The Bertz CT molecular complexity index is 925. The number of ether oxygens (including phenoxy) is 2. The van der Waals surface area contributed by atoms with Crippen LogP contribution in [-0.4, -0.2) is 24.1 Å². The van der Waals surface area contributed by atoms with Gasteiger partial charge in [0.1, 0.15) is 0 Å². The third kappa shape index (κ3) is 3.02. The predicted octanol–water partition coefficient (Wildman–Crippen LogP) is 4.36. The van der Waals surface area contributed by atoms with E-state index in [9.17, 15) is 4.79 Å². The summed E-state index contributed by atoms with van der Waals surface area (Å²) < 4.78 is 12.1. The van der Waals surface area contributed by atoms with Crippen LogP contribution in [-0.2, 0) is 0 Å². The number of rotatable bonds is 2. The molecule has 0 fully saturated rings. The first-order valence-corrected chi connectivity index (χ1v) is 8.65. The zero-order valence-corrected chi connectivity index (χ0v) is 14.1. The van der Waals surface area contributed by atoms with E-state index < -0.39 is 0 Å². The summed E-state index contributed by atoms with van der Waals surface area (Å²) in [5.74, 6) is 1.02. The van der Waals surface area contributed by atoms with Crippen molar-refractivity contribution in [2.45, 2.75) is 6.42 Å². The van der Waals surface area contributed by atoms with Crippen LogP contribution in [0.1, 0.15) is 16.8 Å². The number of hydrogen-bond donors (Lipinski definition) is 1. The molecule has 4 rings (SSSR count). The average Bonchev–Trinajstić information content (AvgIpc) is 2.81. The maximum atomic E-state index is 12.5. The normalized spacial score (nSPS) is 13.5. The van der Waals surface area contributed by atoms with Gasteiger partial charge >= 0.3 is 0 Å². The molecular weight excluding hydrogens is 348 g/mol. The molecule has 0 atom stereocenters. The van der Waals surface area contributed by atoms with Crippen LogP contribution in [0.5, 0.6) is 11.5 Å². The fourth-order valence-corrected chi connectivity index (χ4v) is 3.56. The topological polar surface area (TPSA) is 60.5 Å². The van der Waals surface area contributed by atoms with Crippen molar-refractivity contribution in [2.24, 2.45) is 0 Å². The van der Waals surface area contributed by atoms with Gasteiger partial charge in [-0.1, -0.05) is 22.9 Å². The zero-order chi connectivity index (χ0) is 16.5. The van der Waals surface area contributed by atoms with Crippen molar-refractivity contribution in [1.82, 2.24) is 4.98 Å². The lowest BCUT2D eigenvalue weighted by atomic mass is 10.2. The number of halogens is 1. The summed E-state index contributed by atoms with van der Waals surface area (Å²) in [7, 11) is 0. The minimum Gasteiger partial charge on any atom is -0.490 e. The molecule has 0 saturated heterocycles. The molecule has 0 radical (unpaired) electrons. The number of anilines is 1. The van der Waals surface area contributed by atoms with E-state index in [1.807, 2.05) is 12.1 Å². The summed E-state index contributed by atoms with van der Waals surface area (Å²) in [6.45, 7) is 1.20. The number of fused-ring (bicyclic) bond motifs is 2. The summed E-state index contributed by atoms with van der Waals surface area (Å²) in [5.41, 5.74) is 1.30. The third-order valence-corrected chi connectivity index (χ3v) is 4.75. The number of aromatic nitrogens is 1. The monoisotopic (exact) mass is 360 g/mol. The quantitative estimate of drug-likeness (QED) is 0.737. The first kappa shape index (κ1) is 15.2. The molecule has 1 aliphatic rings. The second kappa shape index (κ2) is 6.30. The Balaban J connectivity index is 1.57. The molecule has 0 aliphatic carbocycles. The largest absolute Gasteiger partial charge is 0.490 e. The molecule has 1 aromatic heterocycles. The molecule has 0 unspecified atom stereocenters. The van der Waals surface area contributed by atoms with Gasteiger partial charge in [0.25, 0.3) is 5.91 Å². The Morgan fingerprint density at radius 2 is 1.96 bits per heavy atom. The van der Waals surface area contributed by atoms with E-state index in [2.05, 4.69) is 10.3 Å². The smallest absolute Gasteiger partial charge is 0.257 e. The molecule has 24 heavy (non-hydrogen) atoms. The van der Waals surface area contributed by atoms with Gasteiger partial charge in [-0.25, -0.2) is 4.98 Å². The Kier molecular flexibility index (Phi) is 4.00. The molecule has 2 heterocycles. The van der Waals surface area contributed by atoms with Crippen molar-refractivity contribution in [3.8, 4) is 11.5 Å². The summed E-state index contributed by atoms with van der Waals surface area (Å²) in [5, 5.41) is 4.00. The minimum atomic E-state index is -0.240. The standard InChI is InChI=1S/C17H13ClN2O3S/c18-11-3-4-12-15(9-11)24-17(19-12)20-16(21)10-2-5-13-14(8-10)23-7-1-6-22-13/h2-5,8-9H,1,6-7H2,(H,19,20,21). The Hall–Kier alpha value is -2.31. The molecule has 0 bridgehead atoms. The van der Waals surface area contributed by atoms with E-state index in [1.165, 1.54) is 11.3 Å². The number of carbonyl (C=O) groups excluding carboxylic acids is 1. The highest BCUT2D eigenvalue weighted by atomic mass is 35.5. The van der Waals surface area contributed by atoms with Crippen LogP contribution in [0.25, 0.3) is 10.2 Å². The van der Waals surface area contributed by atoms with Crippen LogP contribution >= 0.6 is 22.9 Å². The minimum absolute atomic E-state index is 0.240. The lowest BCUT2D eigenvalue weighted by Crippen LogP contribution is -2.11. The first-order chi connectivity index (χ1) is 11.7. The zero-order valence-electron chi connectivity index (χ0n) is 12.5. The molecule has 5 nitrogen and oxygen atoms in total. The van der Waals surface area contributed by atoms with Crippen LogP contribution in [0.3, 0.4) is 0 Å². The van der Waals surface area contributed by atoms with Crippen molar-refractivity contribution in [1.29, 1.82) is 0 Å². The van der Waals surface area contributed by atoms with Gasteiger partial charge in [0.2, 0.25) is 0 Å². The van der Waals surface area contributed by atoms with E-state index in [1.54, 1.807) is 24.3 Å². The Morgan fingerprint density at radius 3 is 2.83 bits per heavy atom. The van der Waals surface area contributed by atoms with Crippen LogP contribution in [0.4, 0.5) is 5.13 Å². The van der Waals surface area contributed by atoms with Crippen molar-refractivity contribution >= 4 is 44.2 Å². The van der Waals surface area contributed by atoms with Crippen LogP contribution in [0, 0.1) is 0 Å². The maximum absolute atomic E-state index is 12.5. The summed E-state index contributed by atoms with van der Waals surface area (Å²) in [6.07, 6.45) is 0.824. The van der Waals surface area contributed by atoms with Crippen LogP contribution in [0.15, 0.2) is 36.4 Å². The van der Waals surface area contributed by atoms with Crippen molar-refractivity contribution < 1.29 is 14.3 Å². The van der Waals surface area contributed by atoms with E-state index in [0.29, 0.717) is 40.4 Å².